The summed E-state index contributed by atoms with van der Waals surface area (Å²) in [7, 11) is 0. The Morgan fingerprint density at radius 3 is 2.76 bits per heavy atom. The van der Waals surface area contributed by atoms with E-state index in [0.717, 1.165) is 16.6 Å². The number of aromatic nitrogens is 1. The number of hydrogen-bond donors (Lipinski definition) is 1. The van der Waals surface area contributed by atoms with Crippen LogP contribution in [0.4, 0.5) is 5.69 Å². The van der Waals surface area contributed by atoms with Gasteiger partial charge in [0.15, 0.2) is 13.2 Å². The Morgan fingerprint density at radius 2 is 1.90 bits per heavy atom. The molecular weight excluding hydrogens is 372 g/mol. The second-order valence-corrected chi connectivity index (χ2v) is 6.81. The summed E-state index contributed by atoms with van der Waals surface area (Å²) in [4.78, 5) is 41.6. The lowest BCUT2D eigenvalue weighted by Crippen LogP contribution is -2.40. The molecule has 0 saturated heterocycles. The molecular formula is C22H20N2O5. The Bertz CT molecular complexity index is 1100. The number of Topliss-reactive ketones (excluding diaryl/α,β-unsaturated/α-hetero) is 1. The van der Waals surface area contributed by atoms with Gasteiger partial charge in [-0.15, -0.1) is 0 Å². The third-order valence-electron chi connectivity index (χ3n) is 4.88. The Labute approximate surface area is 167 Å². The number of anilines is 1. The lowest BCUT2D eigenvalue weighted by molar-refractivity contribution is -0.142. The van der Waals surface area contributed by atoms with Crippen LogP contribution in [0, 0.1) is 6.92 Å². The van der Waals surface area contributed by atoms with Crippen molar-refractivity contribution in [2.24, 2.45) is 0 Å². The van der Waals surface area contributed by atoms with Crippen LogP contribution in [0.15, 0.2) is 48.5 Å². The number of fused-ring (bicyclic) bond motifs is 2. The van der Waals surface area contributed by atoms with E-state index in [1.54, 1.807) is 18.2 Å². The van der Waals surface area contributed by atoms with E-state index in [2.05, 4.69) is 4.98 Å². The van der Waals surface area contributed by atoms with Gasteiger partial charge in [0.05, 0.1) is 12.1 Å². The molecule has 1 amide bonds. The quantitative estimate of drug-likeness (QED) is 0.515. The van der Waals surface area contributed by atoms with Crippen LogP contribution in [0.5, 0.6) is 5.75 Å². The Morgan fingerprint density at radius 1 is 1.14 bits per heavy atom. The summed E-state index contributed by atoms with van der Waals surface area (Å²) < 4.78 is 10.6. The maximum atomic E-state index is 12.6. The van der Waals surface area contributed by atoms with Crippen molar-refractivity contribution in [3.63, 3.8) is 0 Å². The summed E-state index contributed by atoms with van der Waals surface area (Å²) in [6.45, 7) is 1.58. The number of aryl methyl sites for hydroxylation is 1. The van der Waals surface area contributed by atoms with Gasteiger partial charge in [0.1, 0.15) is 5.75 Å². The molecule has 0 unspecified atom stereocenters. The molecule has 4 rings (SSSR count). The van der Waals surface area contributed by atoms with Gasteiger partial charge in [-0.05, 0) is 25.1 Å². The molecule has 0 atom stereocenters. The molecule has 0 saturated carbocycles. The fourth-order valence-electron chi connectivity index (χ4n) is 3.53. The molecule has 29 heavy (non-hydrogen) atoms. The lowest BCUT2D eigenvalue weighted by atomic mass is 10.1. The lowest BCUT2D eigenvalue weighted by Gasteiger charge is -2.28. The predicted octanol–water partition coefficient (Wildman–Crippen LogP) is 3.02. The van der Waals surface area contributed by atoms with Crippen molar-refractivity contribution in [2.45, 2.75) is 13.3 Å². The minimum Gasteiger partial charge on any atom is -0.482 e. The highest BCUT2D eigenvalue weighted by Gasteiger charge is 2.26. The summed E-state index contributed by atoms with van der Waals surface area (Å²) in [6, 6.07) is 14.6. The zero-order valence-corrected chi connectivity index (χ0v) is 15.9. The van der Waals surface area contributed by atoms with Gasteiger partial charge >= 0.3 is 5.97 Å². The van der Waals surface area contributed by atoms with Crippen molar-refractivity contribution in [2.75, 3.05) is 24.7 Å². The zero-order chi connectivity index (χ0) is 20.4. The van der Waals surface area contributed by atoms with Crippen LogP contribution < -0.4 is 9.64 Å². The molecule has 0 spiro atoms. The third-order valence-corrected chi connectivity index (χ3v) is 4.88. The van der Waals surface area contributed by atoms with Gasteiger partial charge in [0.2, 0.25) is 5.78 Å². The highest BCUT2D eigenvalue weighted by molar-refractivity contribution is 6.10. The molecule has 1 N–H and O–H groups in total. The second-order valence-electron chi connectivity index (χ2n) is 6.81. The maximum Gasteiger partial charge on any atom is 0.308 e. The number of esters is 1. The minimum atomic E-state index is -0.535. The largest absolute Gasteiger partial charge is 0.482 e. The van der Waals surface area contributed by atoms with Crippen LogP contribution in [-0.4, -0.2) is 42.4 Å². The molecule has 2 aromatic carbocycles. The number of carbonyl (C=O) groups excluding carboxylic acids is 3. The van der Waals surface area contributed by atoms with Crippen LogP contribution in [-0.2, 0) is 14.3 Å². The van der Waals surface area contributed by atoms with E-state index < -0.39 is 5.97 Å². The fourth-order valence-corrected chi connectivity index (χ4v) is 3.53. The molecule has 0 aliphatic carbocycles. The monoisotopic (exact) mass is 392 g/mol. The normalized spacial score (nSPS) is 13.1. The molecule has 1 aromatic heterocycles. The molecule has 0 radical (unpaired) electrons. The molecule has 1 aliphatic rings. The van der Waals surface area contributed by atoms with Crippen molar-refractivity contribution >= 4 is 34.3 Å². The molecule has 2 heterocycles. The molecule has 3 aromatic rings. The highest BCUT2D eigenvalue weighted by Crippen LogP contribution is 2.31. The van der Waals surface area contributed by atoms with Crippen molar-refractivity contribution in [3.8, 4) is 5.75 Å². The highest BCUT2D eigenvalue weighted by atomic mass is 16.5. The van der Waals surface area contributed by atoms with Crippen molar-refractivity contribution in [1.29, 1.82) is 0 Å². The first-order valence-corrected chi connectivity index (χ1v) is 9.33. The first-order chi connectivity index (χ1) is 14.0. The van der Waals surface area contributed by atoms with Gasteiger partial charge in [-0.1, -0.05) is 30.3 Å². The van der Waals surface area contributed by atoms with E-state index in [-0.39, 0.29) is 37.9 Å². The van der Waals surface area contributed by atoms with E-state index in [1.165, 1.54) is 4.90 Å². The number of aromatic amines is 1. The van der Waals surface area contributed by atoms with Crippen molar-refractivity contribution in [3.05, 3.63) is 59.8 Å². The SMILES string of the molecule is Cc1[nH]c2ccccc2c1C(=O)COC(=O)CCN1C(=O)COc2ccccc21. The van der Waals surface area contributed by atoms with E-state index in [9.17, 15) is 14.4 Å². The first kappa shape index (κ1) is 18.7. The molecule has 7 nitrogen and oxygen atoms in total. The molecule has 1 aliphatic heterocycles. The fraction of sp³-hybridized carbons (Fsp3) is 0.227. The van der Waals surface area contributed by atoms with E-state index in [4.69, 9.17) is 9.47 Å². The van der Waals surface area contributed by atoms with E-state index in [0.29, 0.717) is 17.0 Å². The van der Waals surface area contributed by atoms with Crippen LogP contribution in [0.25, 0.3) is 10.9 Å². The smallest absolute Gasteiger partial charge is 0.308 e. The molecule has 148 valence electrons. The van der Waals surface area contributed by atoms with Gasteiger partial charge in [-0.2, -0.15) is 0 Å². The topological polar surface area (TPSA) is 88.7 Å². The number of hydrogen-bond acceptors (Lipinski definition) is 5. The number of benzene rings is 2. The van der Waals surface area contributed by atoms with Gasteiger partial charge in [0, 0.05) is 28.7 Å². The van der Waals surface area contributed by atoms with Crippen LogP contribution >= 0.6 is 0 Å². The number of H-pyrrole nitrogens is 1. The van der Waals surface area contributed by atoms with Crippen LogP contribution in [0.2, 0.25) is 0 Å². The Balaban J connectivity index is 1.36. The van der Waals surface area contributed by atoms with E-state index in [1.807, 2.05) is 37.3 Å². The third kappa shape index (κ3) is 3.71. The molecule has 0 bridgehead atoms. The number of para-hydroxylation sites is 3. The summed E-state index contributed by atoms with van der Waals surface area (Å²) >= 11 is 0. The minimum absolute atomic E-state index is 0.0137. The van der Waals surface area contributed by atoms with Crippen LogP contribution in [0.1, 0.15) is 22.5 Å². The summed E-state index contributed by atoms with van der Waals surface area (Å²) in [5, 5.41) is 0.807. The van der Waals surface area contributed by atoms with Crippen molar-refractivity contribution in [1.82, 2.24) is 4.98 Å². The van der Waals surface area contributed by atoms with Crippen molar-refractivity contribution < 1.29 is 23.9 Å². The number of rotatable bonds is 6. The molecule has 0 fully saturated rings. The molecule has 7 heteroatoms. The predicted molar refractivity (Wildman–Crippen MR) is 107 cm³/mol. The van der Waals surface area contributed by atoms with Gasteiger partial charge < -0.3 is 19.4 Å². The number of nitrogens with one attached hydrogen (secondary N) is 1. The second kappa shape index (κ2) is 7.79. The number of nitrogens with zero attached hydrogens (tertiary/aromatic N) is 1. The average molecular weight is 392 g/mol. The van der Waals surface area contributed by atoms with E-state index >= 15 is 0 Å². The van der Waals surface area contributed by atoms with Gasteiger partial charge in [0.25, 0.3) is 5.91 Å². The average Bonchev–Trinajstić information content (AvgIpc) is 3.07. The first-order valence-electron chi connectivity index (χ1n) is 9.33. The van der Waals surface area contributed by atoms with Gasteiger partial charge in [-0.25, -0.2) is 0 Å². The van der Waals surface area contributed by atoms with Crippen LogP contribution in [0.3, 0.4) is 0 Å². The Kier molecular flexibility index (Phi) is 5.03. The number of ether oxygens (including phenoxy) is 2. The number of amides is 1. The number of ketones is 1. The zero-order valence-electron chi connectivity index (χ0n) is 15.9. The standard InChI is InChI=1S/C22H20N2O5/c1-14-22(15-6-2-3-7-16(15)23-14)18(25)12-29-21(27)10-11-24-17-8-4-5-9-19(17)28-13-20(24)26/h2-9,23H,10-13H2,1H3. The summed E-state index contributed by atoms with van der Waals surface area (Å²) in [5.74, 6) is -0.416. The summed E-state index contributed by atoms with van der Waals surface area (Å²) in [5.41, 5.74) is 2.76. The maximum absolute atomic E-state index is 12.6. The summed E-state index contributed by atoms with van der Waals surface area (Å²) in [6.07, 6.45) is -0.0137. The number of carbonyl (C=O) groups is 3. The van der Waals surface area contributed by atoms with Gasteiger partial charge in [-0.3, -0.25) is 14.4 Å². The Hall–Kier alpha value is -3.61.